The largest absolute Gasteiger partial charge is 0.478 e. The first-order valence-electron chi connectivity index (χ1n) is 8.88. The first kappa shape index (κ1) is 22.1. The van der Waals surface area contributed by atoms with Crippen LogP contribution in [-0.2, 0) is 16.6 Å². The van der Waals surface area contributed by atoms with Crippen molar-refractivity contribution in [2.45, 2.75) is 12.5 Å². The van der Waals surface area contributed by atoms with Crippen molar-refractivity contribution in [3.63, 3.8) is 0 Å². The summed E-state index contributed by atoms with van der Waals surface area (Å²) in [5, 5.41) is 13.1. The van der Waals surface area contributed by atoms with Gasteiger partial charge in [-0.3, -0.25) is 4.79 Å². The van der Waals surface area contributed by atoms with Gasteiger partial charge in [-0.25, -0.2) is 9.18 Å². The number of carboxylic acid groups (broad SMARTS) is 1. The number of nitrogens with one attached hydrogen (secondary N) is 1. The molecule has 1 aromatic carbocycles. The van der Waals surface area contributed by atoms with Crippen LogP contribution in [0, 0.1) is 0 Å². The van der Waals surface area contributed by atoms with Crippen LogP contribution in [0.3, 0.4) is 0 Å². The van der Waals surface area contributed by atoms with E-state index in [0.717, 1.165) is 0 Å². The number of amides is 1. The molecule has 0 saturated carbocycles. The van der Waals surface area contributed by atoms with Crippen LogP contribution in [0.1, 0.15) is 17.4 Å². The van der Waals surface area contributed by atoms with Gasteiger partial charge < -0.3 is 19.7 Å². The molecule has 158 valence electrons. The Morgan fingerprint density at radius 3 is 2.53 bits per heavy atom. The molecule has 0 radical (unpaired) electrons. The van der Waals surface area contributed by atoms with Crippen molar-refractivity contribution < 1.29 is 23.8 Å². The number of aryl methyl sites for hydroxylation is 1. The van der Waals surface area contributed by atoms with Gasteiger partial charge in [-0.05, 0) is 25.1 Å². The minimum atomic E-state index is -1.17. The van der Waals surface area contributed by atoms with Gasteiger partial charge in [0, 0.05) is 29.1 Å². The van der Waals surface area contributed by atoms with Gasteiger partial charge in [0.05, 0.1) is 23.3 Å². The third-order valence-electron chi connectivity index (χ3n) is 5.04. The number of fused-ring (bicyclic) bond motifs is 1. The second-order valence-electron chi connectivity index (χ2n) is 7.05. The van der Waals surface area contributed by atoms with E-state index in [0.29, 0.717) is 26.6 Å². The van der Waals surface area contributed by atoms with Crippen molar-refractivity contribution in [1.29, 1.82) is 0 Å². The van der Waals surface area contributed by atoms with Gasteiger partial charge >= 0.3 is 5.97 Å². The molecule has 1 aromatic heterocycles. The fourth-order valence-corrected chi connectivity index (χ4v) is 3.62. The van der Waals surface area contributed by atoms with Gasteiger partial charge in [0.2, 0.25) is 0 Å². The Balaban J connectivity index is 1.98. The van der Waals surface area contributed by atoms with E-state index in [2.05, 4.69) is 11.9 Å². The maximum Gasteiger partial charge on any atom is 0.331 e. The normalized spacial score (nSPS) is 16.3. The number of allylic oxidation sites excluding steroid dienone is 2. The summed E-state index contributed by atoms with van der Waals surface area (Å²) < 4.78 is 21.1. The smallest absolute Gasteiger partial charge is 0.331 e. The Morgan fingerprint density at radius 2 is 2.00 bits per heavy atom. The molecule has 2 N–H and O–H groups in total. The lowest BCUT2D eigenvalue weighted by atomic mass is 9.86. The highest BCUT2D eigenvalue weighted by atomic mass is 35.5. The van der Waals surface area contributed by atoms with Crippen molar-refractivity contribution in [2.24, 2.45) is 7.05 Å². The predicted molar refractivity (Wildman–Crippen MR) is 114 cm³/mol. The molecule has 0 unspecified atom stereocenters. The Morgan fingerprint density at radius 1 is 1.33 bits per heavy atom. The fourth-order valence-electron chi connectivity index (χ4n) is 3.24. The van der Waals surface area contributed by atoms with Crippen LogP contribution < -0.4 is 5.32 Å². The first-order valence-corrected chi connectivity index (χ1v) is 9.64. The number of ether oxygens (including phenoxy) is 1. The fraction of sp³-hybridized carbons (Fsp3) is 0.238. The highest BCUT2D eigenvalue weighted by molar-refractivity contribution is 6.45. The molecule has 0 atom stereocenters. The van der Waals surface area contributed by atoms with Gasteiger partial charge in [0.15, 0.2) is 0 Å². The monoisotopic (exact) mass is 452 g/mol. The quantitative estimate of drug-likeness (QED) is 0.501. The van der Waals surface area contributed by atoms with Crippen LogP contribution in [0.5, 0.6) is 0 Å². The van der Waals surface area contributed by atoms with Crippen LogP contribution in [0.2, 0.25) is 10.0 Å². The highest BCUT2D eigenvalue weighted by Gasteiger charge is 2.45. The highest BCUT2D eigenvalue weighted by Crippen LogP contribution is 2.34. The molecule has 6 nitrogen and oxygen atoms in total. The standard InChI is InChI=1S/C21H19Cl2FN2O4/c1-11(20(28)29)4-5-14(12(2)24)21(9-30-10-21)25-19(27)17-8-13-16(26(17)3)7-6-15(22)18(13)23/h4-8H,2,9-10H2,1,3H3,(H,25,27)(H,28,29)/b11-4+,14-5+. The lowest BCUT2D eigenvalue weighted by Gasteiger charge is -2.43. The molecular formula is C21H19Cl2FN2O4. The average Bonchev–Trinajstić information content (AvgIpc) is 2.99. The second-order valence-corrected chi connectivity index (χ2v) is 7.84. The van der Waals surface area contributed by atoms with E-state index in [4.69, 9.17) is 33.0 Å². The molecular weight excluding hydrogens is 434 g/mol. The molecule has 1 aliphatic rings. The third kappa shape index (κ3) is 3.88. The number of rotatable bonds is 6. The zero-order valence-electron chi connectivity index (χ0n) is 16.3. The Bertz CT molecular complexity index is 1130. The molecule has 2 heterocycles. The molecule has 1 fully saturated rings. The van der Waals surface area contributed by atoms with E-state index in [-0.39, 0.29) is 24.4 Å². The van der Waals surface area contributed by atoms with Gasteiger partial charge in [0.25, 0.3) is 5.91 Å². The predicted octanol–water partition coefficient (Wildman–Crippen LogP) is 4.42. The first-order chi connectivity index (χ1) is 14.1. The van der Waals surface area contributed by atoms with Crippen LogP contribution in [0.15, 0.2) is 53.9 Å². The van der Waals surface area contributed by atoms with Crippen molar-refractivity contribution in [3.05, 3.63) is 69.6 Å². The number of aromatic nitrogens is 1. The van der Waals surface area contributed by atoms with Gasteiger partial charge in [-0.2, -0.15) is 0 Å². The zero-order chi connectivity index (χ0) is 22.2. The Hall–Kier alpha value is -2.61. The molecule has 30 heavy (non-hydrogen) atoms. The maximum absolute atomic E-state index is 14.2. The molecule has 2 aromatic rings. The molecule has 9 heteroatoms. The summed E-state index contributed by atoms with van der Waals surface area (Å²) in [4.78, 5) is 24.1. The molecule has 0 spiro atoms. The van der Waals surface area contributed by atoms with Gasteiger partial charge in [-0.15, -0.1) is 0 Å². The number of benzene rings is 1. The molecule has 0 aliphatic carbocycles. The lowest BCUT2D eigenvalue weighted by Crippen LogP contribution is -2.63. The number of halogens is 3. The van der Waals surface area contributed by atoms with Gasteiger partial charge in [0.1, 0.15) is 17.1 Å². The molecule has 0 bridgehead atoms. The molecule has 1 aliphatic heterocycles. The van der Waals surface area contributed by atoms with E-state index in [1.807, 2.05) is 0 Å². The molecule has 1 amide bonds. The van der Waals surface area contributed by atoms with E-state index in [1.165, 1.54) is 19.1 Å². The van der Waals surface area contributed by atoms with Crippen molar-refractivity contribution in [2.75, 3.05) is 13.2 Å². The van der Waals surface area contributed by atoms with E-state index in [9.17, 15) is 14.0 Å². The SMILES string of the molecule is C=C(F)/C(=C\C=C(/C)C(=O)O)C1(NC(=O)c2cc3c(Cl)c(Cl)ccc3n2C)COC1. The summed E-state index contributed by atoms with van der Waals surface area (Å²) in [6, 6.07) is 4.99. The Labute approximate surface area is 182 Å². The topological polar surface area (TPSA) is 80.6 Å². The minimum absolute atomic E-state index is 0.00988. The van der Waals surface area contributed by atoms with Crippen molar-refractivity contribution in [1.82, 2.24) is 9.88 Å². The van der Waals surface area contributed by atoms with Crippen molar-refractivity contribution >= 4 is 46.0 Å². The number of carbonyl (C=O) groups is 2. The summed E-state index contributed by atoms with van der Waals surface area (Å²) in [6.07, 6.45) is 2.56. The number of hydrogen-bond acceptors (Lipinski definition) is 3. The zero-order valence-corrected chi connectivity index (χ0v) is 17.8. The van der Waals surface area contributed by atoms with Gasteiger partial charge in [-0.1, -0.05) is 41.9 Å². The molecule has 1 saturated heterocycles. The number of carboxylic acids is 1. The number of carbonyl (C=O) groups excluding carboxylic acids is 1. The van der Waals surface area contributed by atoms with Crippen LogP contribution in [0.25, 0.3) is 10.9 Å². The van der Waals surface area contributed by atoms with Crippen LogP contribution >= 0.6 is 23.2 Å². The molecule has 3 rings (SSSR count). The summed E-state index contributed by atoms with van der Waals surface area (Å²) in [6.45, 7) is 4.74. The average molecular weight is 453 g/mol. The second kappa shape index (κ2) is 8.26. The summed E-state index contributed by atoms with van der Waals surface area (Å²) in [5.41, 5.74) is -0.116. The Kier molecular flexibility index (Phi) is 6.08. The van der Waals surface area contributed by atoms with Crippen LogP contribution in [0.4, 0.5) is 4.39 Å². The number of aliphatic carboxylic acids is 1. The van der Waals surface area contributed by atoms with Crippen LogP contribution in [-0.4, -0.2) is 40.3 Å². The van der Waals surface area contributed by atoms with Crippen molar-refractivity contribution in [3.8, 4) is 0 Å². The summed E-state index contributed by atoms with van der Waals surface area (Å²) >= 11 is 12.3. The lowest BCUT2D eigenvalue weighted by molar-refractivity contribution is -0.132. The van der Waals surface area contributed by atoms with E-state index >= 15 is 0 Å². The third-order valence-corrected chi connectivity index (χ3v) is 5.86. The van der Waals surface area contributed by atoms with E-state index < -0.39 is 23.2 Å². The van der Waals surface area contributed by atoms with E-state index in [1.54, 1.807) is 29.8 Å². The maximum atomic E-state index is 14.2. The number of nitrogens with zero attached hydrogens (tertiary/aromatic N) is 1. The summed E-state index contributed by atoms with van der Waals surface area (Å²) in [5.74, 6) is -2.40. The minimum Gasteiger partial charge on any atom is -0.478 e. The summed E-state index contributed by atoms with van der Waals surface area (Å²) in [7, 11) is 1.70. The number of hydrogen-bond donors (Lipinski definition) is 2.